The van der Waals surface area contributed by atoms with Gasteiger partial charge in [-0.25, -0.2) is 0 Å². The lowest BCUT2D eigenvalue weighted by molar-refractivity contribution is 0.284. The van der Waals surface area contributed by atoms with Gasteiger partial charge in [-0.2, -0.15) is 0 Å². The highest BCUT2D eigenvalue weighted by Gasteiger charge is 2.28. The van der Waals surface area contributed by atoms with Crippen LogP contribution in [0.3, 0.4) is 0 Å². The summed E-state index contributed by atoms with van der Waals surface area (Å²) in [4.78, 5) is 2.64. The van der Waals surface area contributed by atoms with E-state index in [2.05, 4.69) is 36.1 Å². The summed E-state index contributed by atoms with van der Waals surface area (Å²) >= 11 is 0. The molecule has 3 atom stereocenters. The topological polar surface area (TPSA) is 29.3 Å². The highest BCUT2D eigenvalue weighted by atomic mass is 15.1. The summed E-state index contributed by atoms with van der Waals surface area (Å²) < 4.78 is 0. The minimum absolute atomic E-state index is 0.351. The Morgan fingerprint density at radius 3 is 2.95 bits per heavy atom. The smallest absolute Gasteiger partial charge is 0.00514 e. The number of nitrogens with zero attached hydrogens (tertiary/aromatic N) is 1. The molecular formula is C17H26N2. The van der Waals surface area contributed by atoms with E-state index in [1.165, 1.54) is 45.3 Å². The zero-order chi connectivity index (χ0) is 13.2. The summed E-state index contributed by atoms with van der Waals surface area (Å²) in [5, 5.41) is 0. The first-order valence-corrected chi connectivity index (χ1v) is 7.80. The molecule has 3 unspecified atom stereocenters. The molecule has 1 aliphatic carbocycles. The molecular weight excluding hydrogens is 232 g/mol. The first kappa shape index (κ1) is 13.1. The first-order valence-electron chi connectivity index (χ1n) is 7.80. The van der Waals surface area contributed by atoms with Gasteiger partial charge in [0.15, 0.2) is 0 Å². The molecule has 1 aliphatic heterocycles. The predicted molar refractivity (Wildman–Crippen MR) is 80.3 cm³/mol. The van der Waals surface area contributed by atoms with Crippen LogP contribution in [0.25, 0.3) is 0 Å². The Bertz CT molecular complexity index is 427. The SMILES string of the molecule is CC(N)C1CCN(CC2CCCc3ccccc32)C1. The lowest BCUT2D eigenvalue weighted by Crippen LogP contribution is -2.32. The van der Waals surface area contributed by atoms with Gasteiger partial charge >= 0.3 is 0 Å². The minimum atomic E-state index is 0.351. The molecule has 1 heterocycles. The fourth-order valence-electron chi connectivity index (χ4n) is 3.81. The van der Waals surface area contributed by atoms with Crippen LogP contribution in [0.15, 0.2) is 24.3 Å². The summed E-state index contributed by atoms with van der Waals surface area (Å²) in [7, 11) is 0. The van der Waals surface area contributed by atoms with Gasteiger partial charge in [-0.15, -0.1) is 0 Å². The van der Waals surface area contributed by atoms with Crippen molar-refractivity contribution < 1.29 is 0 Å². The Hall–Kier alpha value is -0.860. The number of hydrogen-bond donors (Lipinski definition) is 1. The molecule has 19 heavy (non-hydrogen) atoms. The first-order chi connectivity index (χ1) is 9.24. The molecule has 0 spiro atoms. The molecule has 2 heteroatoms. The second-order valence-electron chi connectivity index (χ2n) is 6.46. The average molecular weight is 258 g/mol. The number of likely N-dealkylation sites (tertiary alicyclic amines) is 1. The molecule has 1 fully saturated rings. The van der Waals surface area contributed by atoms with Crippen LogP contribution in [-0.4, -0.2) is 30.6 Å². The van der Waals surface area contributed by atoms with Crippen molar-refractivity contribution in [2.45, 2.75) is 44.6 Å². The van der Waals surface area contributed by atoms with E-state index < -0.39 is 0 Å². The van der Waals surface area contributed by atoms with Crippen molar-refractivity contribution in [3.8, 4) is 0 Å². The summed E-state index contributed by atoms with van der Waals surface area (Å²) in [5.41, 5.74) is 9.24. The molecule has 2 aliphatic rings. The van der Waals surface area contributed by atoms with Crippen LogP contribution in [0.4, 0.5) is 0 Å². The Balaban J connectivity index is 1.66. The molecule has 2 nitrogen and oxygen atoms in total. The molecule has 0 aromatic heterocycles. The highest BCUT2D eigenvalue weighted by Crippen LogP contribution is 2.33. The maximum absolute atomic E-state index is 6.04. The van der Waals surface area contributed by atoms with E-state index in [9.17, 15) is 0 Å². The molecule has 0 saturated carbocycles. The van der Waals surface area contributed by atoms with Gasteiger partial charge in [0.1, 0.15) is 0 Å². The lowest BCUT2D eigenvalue weighted by Gasteiger charge is -2.29. The van der Waals surface area contributed by atoms with E-state index in [0.29, 0.717) is 12.0 Å². The molecule has 1 saturated heterocycles. The van der Waals surface area contributed by atoms with E-state index >= 15 is 0 Å². The zero-order valence-electron chi connectivity index (χ0n) is 12.0. The van der Waals surface area contributed by atoms with Crippen molar-refractivity contribution in [3.05, 3.63) is 35.4 Å². The van der Waals surface area contributed by atoms with Gasteiger partial charge < -0.3 is 10.6 Å². The van der Waals surface area contributed by atoms with Gasteiger partial charge in [-0.05, 0) is 62.1 Å². The average Bonchev–Trinajstić information content (AvgIpc) is 2.88. The maximum atomic E-state index is 6.04. The summed E-state index contributed by atoms with van der Waals surface area (Å²) in [6, 6.07) is 9.40. The Labute approximate surface area is 117 Å². The van der Waals surface area contributed by atoms with Gasteiger partial charge in [-0.3, -0.25) is 0 Å². The standard InChI is InChI=1S/C17H26N2/c1-13(18)15-9-10-19(11-15)12-16-7-4-6-14-5-2-3-8-17(14)16/h2-3,5,8,13,15-16H,4,6-7,9-12,18H2,1H3. The van der Waals surface area contributed by atoms with E-state index in [1.807, 2.05) is 0 Å². The third-order valence-electron chi connectivity index (χ3n) is 5.02. The van der Waals surface area contributed by atoms with E-state index in [0.717, 1.165) is 5.92 Å². The van der Waals surface area contributed by atoms with Crippen molar-refractivity contribution in [3.63, 3.8) is 0 Å². The van der Waals surface area contributed by atoms with Gasteiger partial charge in [0.05, 0.1) is 0 Å². The van der Waals surface area contributed by atoms with Crippen LogP contribution in [0.1, 0.15) is 43.2 Å². The lowest BCUT2D eigenvalue weighted by atomic mass is 9.82. The second kappa shape index (κ2) is 5.64. The third kappa shape index (κ3) is 2.85. The van der Waals surface area contributed by atoms with Gasteiger partial charge in [0.25, 0.3) is 0 Å². The van der Waals surface area contributed by atoms with Crippen LogP contribution in [0, 0.1) is 5.92 Å². The van der Waals surface area contributed by atoms with Crippen molar-refractivity contribution in [1.82, 2.24) is 4.90 Å². The molecule has 1 aromatic rings. The number of rotatable bonds is 3. The summed E-state index contributed by atoms with van der Waals surface area (Å²) in [6.07, 6.45) is 5.27. The summed E-state index contributed by atoms with van der Waals surface area (Å²) in [6.45, 7) is 5.84. The van der Waals surface area contributed by atoms with Gasteiger partial charge in [0, 0.05) is 19.1 Å². The van der Waals surface area contributed by atoms with Crippen molar-refractivity contribution in [2.75, 3.05) is 19.6 Å². The largest absolute Gasteiger partial charge is 0.328 e. The second-order valence-corrected chi connectivity index (χ2v) is 6.46. The van der Waals surface area contributed by atoms with Gasteiger partial charge in [-0.1, -0.05) is 24.3 Å². The number of nitrogens with two attached hydrogens (primary N) is 1. The molecule has 0 bridgehead atoms. The van der Waals surface area contributed by atoms with E-state index in [-0.39, 0.29) is 0 Å². The highest BCUT2D eigenvalue weighted by molar-refractivity contribution is 5.32. The number of benzene rings is 1. The molecule has 104 valence electrons. The van der Waals surface area contributed by atoms with Crippen LogP contribution in [0.5, 0.6) is 0 Å². The Kier molecular flexibility index (Phi) is 3.90. The quantitative estimate of drug-likeness (QED) is 0.903. The van der Waals surface area contributed by atoms with Crippen LogP contribution in [-0.2, 0) is 6.42 Å². The van der Waals surface area contributed by atoms with E-state index in [1.54, 1.807) is 11.1 Å². The number of fused-ring (bicyclic) bond motifs is 1. The monoisotopic (exact) mass is 258 g/mol. The predicted octanol–water partition coefficient (Wildman–Crippen LogP) is 2.78. The van der Waals surface area contributed by atoms with Crippen molar-refractivity contribution >= 4 is 0 Å². The normalized spacial score (nSPS) is 29.2. The van der Waals surface area contributed by atoms with E-state index in [4.69, 9.17) is 5.73 Å². The zero-order valence-corrected chi connectivity index (χ0v) is 12.0. The maximum Gasteiger partial charge on any atom is 0.00514 e. The van der Waals surface area contributed by atoms with Crippen LogP contribution >= 0.6 is 0 Å². The molecule has 2 N–H and O–H groups in total. The van der Waals surface area contributed by atoms with Crippen LogP contribution < -0.4 is 5.73 Å². The number of aryl methyl sites for hydroxylation is 1. The molecule has 3 rings (SSSR count). The van der Waals surface area contributed by atoms with Crippen molar-refractivity contribution in [1.29, 1.82) is 0 Å². The molecule has 0 radical (unpaired) electrons. The van der Waals surface area contributed by atoms with Crippen LogP contribution in [0.2, 0.25) is 0 Å². The number of hydrogen-bond acceptors (Lipinski definition) is 2. The third-order valence-corrected chi connectivity index (χ3v) is 5.02. The Morgan fingerprint density at radius 1 is 1.32 bits per heavy atom. The van der Waals surface area contributed by atoms with Crippen molar-refractivity contribution in [2.24, 2.45) is 11.7 Å². The summed E-state index contributed by atoms with van der Waals surface area (Å²) in [5.74, 6) is 1.45. The Morgan fingerprint density at radius 2 is 2.16 bits per heavy atom. The van der Waals surface area contributed by atoms with Gasteiger partial charge in [0.2, 0.25) is 0 Å². The fraction of sp³-hybridized carbons (Fsp3) is 0.647. The molecule has 1 aromatic carbocycles. The molecule has 0 amide bonds. The fourth-order valence-corrected chi connectivity index (χ4v) is 3.81. The minimum Gasteiger partial charge on any atom is -0.328 e.